The van der Waals surface area contributed by atoms with Crippen LogP contribution in [0.25, 0.3) is 11.0 Å². The van der Waals surface area contributed by atoms with E-state index in [2.05, 4.69) is 41.3 Å². The Hall–Kier alpha value is -1.64. The molecule has 0 atom stereocenters. The van der Waals surface area contributed by atoms with Crippen LogP contribution in [0, 0.1) is 11.8 Å². The van der Waals surface area contributed by atoms with Crippen LogP contribution in [0.1, 0.15) is 26.7 Å². The zero-order valence-corrected chi connectivity index (χ0v) is 10.9. The van der Waals surface area contributed by atoms with Gasteiger partial charge >= 0.3 is 0 Å². The summed E-state index contributed by atoms with van der Waals surface area (Å²) in [4.78, 5) is 8.61. The summed E-state index contributed by atoms with van der Waals surface area (Å²) < 4.78 is 0. The first kappa shape index (κ1) is 11.5. The van der Waals surface area contributed by atoms with Crippen molar-refractivity contribution in [2.24, 2.45) is 11.8 Å². The summed E-state index contributed by atoms with van der Waals surface area (Å²) in [5, 5.41) is 3.59. The largest absolute Gasteiger partial charge is 0.382 e. The predicted octanol–water partition coefficient (Wildman–Crippen LogP) is 3.48. The van der Waals surface area contributed by atoms with Crippen molar-refractivity contribution in [3.8, 4) is 0 Å². The first-order valence-corrected chi connectivity index (χ1v) is 6.69. The molecule has 1 saturated carbocycles. The summed E-state index contributed by atoms with van der Waals surface area (Å²) in [5.41, 5.74) is 3.08. The highest BCUT2D eigenvalue weighted by atomic mass is 14.9. The summed E-state index contributed by atoms with van der Waals surface area (Å²) in [6.45, 7) is 4.62. The number of benzene rings is 1. The lowest BCUT2D eigenvalue weighted by atomic mass is 9.73. The van der Waals surface area contributed by atoms with Crippen LogP contribution in [0.3, 0.4) is 0 Å². The molecule has 18 heavy (non-hydrogen) atoms. The third-order valence-corrected chi connectivity index (χ3v) is 3.96. The van der Waals surface area contributed by atoms with E-state index in [0.29, 0.717) is 6.04 Å². The lowest BCUT2D eigenvalue weighted by molar-refractivity contribution is 0.212. The van der Waals surface area contributed by atoms with Crippen LogP contribution in [0.4, 0.5) is 5.69 Å². The van der Waals surface area contributed by atoms with Crippen LogP contribution in [0.2, 0.25) is 0 Å². The number of aromatic nitrogens is 2. The summed E-state index contributed by atoms with van der Waals surface area (Å²) in [5.74, 6) is 1.70. The molecule has 1 aliphatic rings. The zero-order valence-electron chi connectivity index (χ0n) is 10.9. The van der Waals surface area contributed by atoms with Gasteiger partial charge in [0.2, 0.25) is 0 Å². The van der Waals surface area contributed by atoms with E-state index in [1.807, 2.05) is 6.07 Å². The molecule has 0 spiro atoms. The fourth-order valence-corrected chi connectivity index (χ4v) is 2.61. The number of rotatable bonds is 3. The normalized spacial score (nSPS) is 23.1. The number of anilines is 1. The molecular formula is C15H19N3. The summed E-state index contributed by atoms with van der Waals surface area (Å²) in [7, 11) is 0. The second-order valence-electron chi connectivity index (χ2n) is 5.58. The lowest BCUT2D eigenvalue weighted by Crippen LogP contribution is -2.37. The minimum Gasteiger partial charge on any atom is -0.382 e. The summed E-state index contributed by atoms with van der Waals surface area (Å²) in [6, 6.07) is 6.85. The van der Waals surface area contributed by atoms with Gasteiger partial charge in [-0.15, -0.1) is 0 Å². The van der Waals surface area contributed by atoms with Gasteiger partial charge < -0.3 is 5.32 Å². The molecule has 1 fully saturated rings. The van der Waals surface area contributed by atoms with Gasteiger partial charge in [0.05, 0.1) is 11.0 Å². The highest BCUT2D eigenvalue weighted by Crippen LogP contribution is 2.35. The molecule has 1 heterocycles. The number of nitrogens with zero attached hydrogens (tertiary/aromatic N) is 2. The molecule has 0 unspecified atom stereocenters. The molecule has 0 radical (unpaired) electrons. The second kappa shape index (κ2) is 4.56. The average molecular weight is 241 g/mol. The van der Waals surface area contributed by atoms with Crippen LogP contribution in [-0.2, 0) is 0 Å². The Bertz CT molecular complexity index is 544. The number of fused-ring (bicyclic) bond motifs is 1. The fraction of sp³-hybridized carbons (Fsp3) is 0.467. The predicted molar refractivity (Wildman–Crippen MR) is 74.5 cm³/mol. The Morgan fingerprint density at radius 3 is 2.56 bits per heavy atom. The van der Waals surface area contributed by atoms with Gasteiger partial charge in [-0.2, -0.15) is 0 Å². The Labute approximate surface area is 108 Å². The molecule has 1 aromatic carbocycles. The van der Waals surface area contributed by atoms with E-state index in [0.717, 1.165) is 28.6 Å². The Balaban J connectivity index is 1.69. The van der Waals surface area contributed by atoms with Crippen LogP contribution < -0.4 is 5.32 Å². The number of hydrogen-bond donors (Lipinski definition) is 1. The van der Waals surface area contributed by atoms with E-state index in [1.165, 1.54) is 12.8 Å². The van der Waals surface area contributed by atoms with Gasteiger partial charge in [-0.1, -0.05) is 13.8 Å². The van der Waals surface area contributed by atoms with Gasteiger partial charge in [-0.05, 0) is 42.9 Å². The van der Waals surface area contributed by atoms with Crippen molar-refractivity contribution in [2.45, 2.75) is 32.7 Å². The maximum absolute atomic E-state index is 4.33. The molecule has 3 heteroatoms. The molecule has 0 bridgehead atoms. The minimum absolute atomic E-state index is 0.631. The van der Waals surface area contributed by atoms with Gasteiger partial charge in [0.15, 0.2) is 0 Å². The second-order valence-corrected chi connectivity index (χ2v) is 5.58. The molecular weight excluding hydrogens is 222 g/mol. The third-order valence-electron chi connectivity index (χ3n) is 3.96. The van der Waals surface area contributed by atoms with Crippen molar-refractivity contribution < 1.29 is 0 Å². The maximum Gasteiger partial charge on any atom is 0.0907 e. The van der Waals surface area contributed by atoms with Crippen LogP contribution in [0.15, 0.2) is 30.6 Å². The maximum atomic E-state index is 4.33. The molecule has 3 nitrogen and oxygen atoms in total. The van der Waals surface area contributed by atoms with Crippen molar-refractivity contribution in [1.82, 2.24) is 9.97 Å². The molecule has 1 aliphatic carbocycles. The van der Waals surface area contributed by atoms with Crippen molar-refractivity contribution in [2.75, 3.05) is 5.32 Å². The molecule has 0 aliphatic heterocycles. The van der Waals surface area contributed by atoms with Gasteiger partial charge in [0.25, 0.3) is 0 Å². The molecule has 3 rings (SSSR count). The molecule has 1 aromatic heterocycles. The number of hydrogen-bond acceptors (Lipinski definition) is 3. The molecule has 1 N–H and O–H groups in total. The highest BCUT2D eigenvalue weighted by Gasteiger charge is 2.30. The molecule has 2 aromatic rings. The van der Waals surface area contributed by atoms with Crippen molar-refractivity contribution in [3.05, 3.63) is 30.6 Å². The van der Waals surface area contributed by atoms with Crippen LogP contribution in [0.5, 0.6) is 0 Å². The summed E-state index contributed by atoms with van der Waals surface area (Å²) in [6.07, 6.45) is 6.05. The minimum atomic E-state index is 0.631. The first-order chi connectivity index (χ1) is 8.72. The van der Waals surface area contributed by atoms with Crippen molar-refractivity contribution in [3.63, 3.8) is 0 Å². The van der Waals surface area contributed by atoms with Crippen LogP contribution >= 0.6 is 0 Å². The Kier molecular flexibility index (Phi) is 2.90. The van der Waals surface area contributed by atoms with Gasteiger partial charge in [0, 0.05) is 24.1 Å². The topological polar surface area (TPSA) is 37.8 Å². The van der Waals surface area contributed by atoms with Gasteiger partial charge in [-0.3, -0.25) is 9.97 Å². The Morgan fingerprint density at radius 2 is 1.83 bits per heavy atom. The van der Waals surface area contributed by atoms with Crippen molar-refractivity contribution in [1.29, 1.82) is 0 Å². The van der Waals surface area contributed by atoms with E-state index in [1.54, 1.807) is 12.4 Å². The quantitative estimate of drug-likeness (QED) is 0.894. The monoisotopic (exact) mass is 241 g/mol. The smallest absolute Gasteiger partial charge is 0.0907 e. The SMILES string of the molecule is CC(C)C1CC(Nc2ccc3nccnc3c2)C1. The summed E-state index contributed by atoms with van der Waals surface area (Å²) >= 11 is 0. The fourth-order valence-electron chi connectivity index (χ4n) is 2.61. The third kappa shape index (κ3) is 2.17. The van der Waals surface area contributed by atoms with Crippen molar-refractivity contribution >= 4 is 16.7 Å². The van der Waals surface area contributed by atoms with Crippen LogP contribution in [-0.4, -0.2) is 16.0 Å². The van der Waals surface area contributed by atoms with E-state index < -0.39 is 0 Å². The standard InChI is InChI=1S/C15H19N3/c1-10(2)11-7-13(8-11)18-12-3-4-14-15(9-12)17-6-5-16-14/h3-6,9-11,13,18H,7-8H2,1-2H3. The van der Waals surface area contributed by atoms with E-state index in [9.17, 15) is 0 Å². The van der Waals surface area contributed by atoms with Gasteiger partial charge in [-0.25, -0.2) is 0 Å². The molecule has 0 saturated heterocycles. The van der Waals surface area contributed by atoms with Gasteiger partial charge in [0.1, 0.15) is 0 Å². The zero-order chi connectivity index (χ0) is 12.5. The molecule has 94 valence electrons. The lowest BCUT2D eigenvalue weighted by Gasteiger charge is -2.39. The molecule has 0 amide bonds. The number of nitrogens with one attached hydrogen (secondary N) is 1. The van der Waals surface area contributed by atoms with E-state index >= 15 is 0 Å². The van der Waals surface area contributed by atoms with E-state index in [-0.39, 0.29) is 0 Å². The highest BCUT2D eigenvalue weighted by molar-refractivity contribution is 5.78. The Morgan fingerprint density at radius 1 is 1.11 bits per heavy atom. The first-order valence-electron chi connectivity index (χ1n) is 6.69. The van der Waals surface area contributed by atoms with E-state index in [4.69, 9.17) is 0 Å². The average Bonchev–Trinajstić information content (AvgIpc) is 2.32.